The lowest BCUT2D eigenvalue weighted by molar-refractivity contribution is 0.0298. The van der Waals surface area contributed by atoms with Gasteiger partial charge in [-0.05, 0) is 24.6 Å². The van der Waals surface area contributed by atoms with Gasteiger partial charge in [-0.3, -0.25) is 4.98 Å². The molecule has 4 atom stereocenters. The van der Waals surface area contributed by atoms with Crippen molar-refractivity contribution in [1.82, 2.24) is 10.3 Å². The number of nitrogens with zero attached hydrogens (tertiary/aromatic N) is 1. The zero-order valence-corrected chi connectivity index (χ0v) is 13.7. The fraction of sp³-hybridized carbons (Fsp3) is 0.421. The highest BCUT2D eigenvalue weighted by Gasteiger charge is 2.48. The molecular formula is C19H22N2O3. The first-order valence-corrected chi connectivity index (χ1v) is 8.40. The van der Waals surface area contributed by atoms with Gasteiger partial charge < -0.3 is 19.5 Å². The number of pyridine rings is 1. The highest BCUT2D eigenvalue weighted by atomic mass is 16.6. The first-order valence-electron chi connectivity index (χ1n) is 8.40. The summed E-state index contributed by atoms with van der Waals surface area (Å²) in [5.41, 5.74) is 2.15. The van der Waals surface area contributed by atoms with Crippen LogP contribution in [0.15, 0.2) is 48.7 Å². The lowest BCUT2D eigenvalue weighted by Gasteiger charge is -2.19. The monoisotopic (exact) mass is 326 g/mol. The normalized spacial score (nSPS) is 28.7. The quantitative estimate of drug-likeness (QED) is 0.912. The lowest BCUT2D eigenvalue weighted by atomic mass is 10.1. The molecule has 2 aliphatic rings. The van der Waals surface area contributed by atoms with E-state index in [4.69, 9.17) is 14.2 Å². The Balaban J connectivity index is 1.36. The average Bonchev–Trinajstić information content (AvgIpc) is 3.19. The van der Waals surface area contributed by atoms with E-state index in [1.54, 1.807) is 6.20 Å². The van der Waals surface area contributed by atoms with Gasteiger partial charge in [-0.25, -0.2) is 0 Å². The molecule has 2 aliphatic heterocycles. The van der Waals surface area contributed by atoms with Crippen molar-refractivity contribution in [1.29, 1.82) is 0 Å². The fourth-order valence-electron chi connectivity index (χ4n) is 3.34. The van der Waals surface area contributed by atoms with E-state index in [1.807, 2.05) is 25.1 Å². The lowest BCUT2D eigenvalue weighted by Crippen LogP contribution is -2.41. The molecule has 1 aromatic carbocycles. The summed E-state index contributed by atoms with van der Waals surface area (Å²) >= 11 is 0. The number of rotatable bonds is 5. The summed E-state index contributed by atoms with van der Waals surface area (Å²) in [5, 5.41) is 3.55. The van der Waals surface area contributed by atoms with Crippen LogP contribution in [0.5, 0.6) is 5.75 Å². The molecule has 0 saturated carbocycles. The Morgan fingerprint density at radius 3 is 2.75 bits per heavy atom. The van der Waals surface area contributed by atoms with E-state index in [0.717, 1.165) is 18.0 Å². The third-order valence-corrected chi connectivity index (χ3v) is 4.66. The van der Waals surface area contributed by atoms with Crippen LogP contribution in [0.25, 0.3) is 0 Å². The van der Waals surface area contributed by atoms with Crippen molar-refractivity contribution < 1.29 is 14.2 Å². The molecule has 3 heterocycles. The van der Waals surface area contributed by atoms with Gasteiger partial charge in [0.1, 0.15) is 18.0 Å². The van der Waals surface area contributed by atoms with Crippen LogP contribution >= 0.6 is 0 Å². The Hall–Kier alpha value is -1.95. The van der Waals surface area contributed by atoms with Crippen LogP contribution in [0.2, 0.25) is 0 Å². The standard InChI is InChI=1S/C19H22N2O3/c1-13-16(8-5-9-20-13)24-17-12-23-18-15(11-22-19(17)18)21-10-14-6-3-2-4-7-14/h2-9,15,17-19,21H,10-12H2,1H3/t15-,17-,18+,19+/m0/s1. The van der Waals surface area contributed by atoms with Gasteiger partial charge in [0.05, 0.1) is 24.9 Å². The number of aromatic nitrogens is 1. The van der Waals surface area contributed by atoms with Crippen LogP contribution in [0.4, 0.5) is 0 Å². The molecule has 1 aromatic heterocycles. The van der Waals surface area contributed by atoms with E-state index in [9.17, 15) is 0 Å². The topological polar surface area (TPSA) is 52.6 Å². The second-order valence-electron chi connectivity index (χ2n) is 6.31. The van der Waals surface area contributed by atoms with Crippen LogP contribution in [0.3, 0.4) is 0 Å². The number of ether oxygens (including phenoxy) is 3. The number of fused-ring (bicyclic) bond motifs is 1. The molecule has 4 rings (SSSR count). The summed E-state index contributed by atoms with van der Waals surface area (Å²) in [6.07, 6.45) is 1.70. The summed E-state index contributed by atoms with van der Waals surface area (Å²) in [6, 6.07) is 14.4. The van der Waals surface area contributed by atoms with Crippen molar-refractivity contribution in [3.63, 3.8) is 0 Å². The molecule has 0 amide bonds. The minimum Gasteiger partial charge on any atom is -0.483 e. The van der Waals surface area contributed by atoms with Crippen molar-refractivity contribution >= 4 is 0 Å². The second kappa shape index (κ2) is 6.89. The molecule has 5 heteroatoms. The predicted molar refractivity (Wildman–Crippen MR) is 89.9 cm³/mol. The Morgan fingerprint density at radius 2 is 1.92 bits per heavy atom. The van der Waals surface area contributed by atoms with Crippen molar-refractivity contribution in [2.24, 2.45) is 0 Å². The number of benzene rings is 1. The van der Waals surface area contributed by atoms with Crippen molar-refractivity contribution in [3.05, 3.63) is 59.9 Å². The van der Waals surface area contributed by atoms with Crippen LogP contribution in [-0.2, 0) is 16.0 Å². The van der Waals surface area contributed by atoms with Gasteiger partial charge >= 0.3 is 0 Å². The fourth-order valence-corrected chi connectivity index (χ4v) is 3.34. The summed E-state index contributed by atoms with van der Waals surface area (Å²) in [6.45, 7) is 3.96. The highest BCUT2D eigenvalue weighted by Crippen LogP contribution is 2.30. The minimum atomic E-state index is -0.0820. The van der Waals surface area contributed by atoms with E-state index in [0.29, 0.717) is 13.2 Å². The maximum Gasteiger partial charge on any atom is 0.151 e. The number of hydrogen-bond donors (Lipinski definition) is 1. The first kappa shape index (κ1) is 15.6. The highest BCUT2D eigenvalue weighted by molar-refractivity contribution is 5.26. The molecular weight excluding hydrogens is 304 g/mol. The zero-order valence-electron chi connectivity index (χ0n) is 13.7. The average molecular weight is 326 g/mol. The predicted octanol–water partition coefficient (Wildman–Crippen LogP) is 2.09. The largest absolute Gasteiger partial charge is 0.483 e. The Kier molecular flexibility index (Phi) is 4.47. The molecule has 2 aromatic rings. The summed E-state index contributed by atoms with van der Waals surface area (Å²) in [5.74, 6) is 0.802. The van der Waals surface area contributed by atoms with E-state index in [2.05, 4.69) is 34.6 Å². The Morgan fingerprint density at radius 1 is 1.08 bits per heavy atom. The third-order valence-electron chi connectivity index (χ3n) is 4.66. The molecule has 126 valence electrons. The summed E-state index contributed by atoms with van der Waals surface area (Å²) in [4.78, 5) is 4.27. The van der Waals surface area contributed by atoms with Gasteiger partial charge in [-0.2, -0.15) is 0 Å². The smallest absolute Gasteiger partial charge is 0.151 e. The van der Waals surface area contributed by atoms with Crippen LogP contribution in [-0.4, -0.2) is 42.6 Å². The summed E-state index contributed by atoms with van der Waals surface area (Å²) < 4.78 is 18.0. The Labute approximate surface area is 142 Å². The molecule has 1 N–H and O–H groups in total. The summed E-state index contributed by atoms with van der Waals surface area (Å²) in [7, 11) is 0. The van der Waals surface area contributed by atoms with E-state index < -0.39 is 0 Å². The first-order chi connectivity index (χ1) is 11.8. The molecule has 2 saturated heterocycles. The molecule has 0 unspecified atom stereocenters. The van der Waals surface area contributed by atoms with Gasteiger partial charge in [-0.15, -0.1) is 0 Å². The molecule has 0 aliphatic carbocycles. The maximum atomic E-state index is 6.09. The molecule has 0 spiro atoms. The minimum absolute atomic E-state index is 0.0297. The van der Waals surface area contributed by atoms with Gasteiger partial charge in [0.25, 0.3) is 0 Å². The SMILES string of the molecule is Cc1ncccc1O[C@H]1CO[C@H]2[C@@H]1OC[C@@H]2NCc1ccccc1. The second-order valence-corrected chi connectivity index (χ2v) is 6.31. The molecule has 5 nitrogen and oxygen atoms in total. The number of nitrogens with one attached hydrogen (secondary N) is 1. The molecule has 0 radical (unpaired) electrons. The van der Waals surface area contributed by atoms with Gasteiger partial charge in [0.15, 0.2) is 6.10 Å². The zero-order chi connectivity index (χ0) is 16.4. The van der Waals surface area contributed by atoms with Gasteiger partial charge in [0, 0.05) is 12.7 Å². The van der Waals surface area contributed by atoms with Crippen molar-refractivity contribution in [2.75, 3.05) is 13.2 Å². The molecule has 24 heavy (non-hydrogen) atoms. The molecule has 2 fully saturated rings. The van der Waals surface area contributed by atoms with Crippen molar-refractivity contribution in [2.45, 2.75) is 37.8 Å². The van der Waals surface area contributed by atoms with Crippen LogP contribution in [0.1, 0.15) is 11.3 Å². The van der Waals surface area contributed by atoms with E-state index in [-0.39, 0.29) is 24.4 Å². The van der Waals surface area contributed by atoms with Crippen LogP contribution < -0.4 is 10.1 Å². The van der Waals surface area contributed by atoms with E-state index in [1.165, 1.54) is 5.56 Å². The number of hydrogen-bond acceptors (Lipinski definition) is 5. The van der Waals surface area contributed by atoms with Gasteiger partial charge in [-0.1, -0.05) is 30.3 Å². The molecule has 0 bridgehead atoms. The maximum absolute atomic E-state index is 6.09. The Bertz CT molecular complexity index is 679. The van der Waals surface area contributed by atoms with Crippen molar-refractivity contribution in [3.8, 4) is 5.75 Å². The van der Waals surface area contributed by atoms with Crippen LogP contribution in [0, 0.1) is 6.92 Å². The van der Waals surface area contributed by atoms with Gasteiger partial charge in [0.2, 0.25) is 0 Å². The number of aryl methyl sites for hydroxylation is 1. The van der Waals surface area contributed by atoms with E-state index >= 15 is 0 Å². The third kappa shape index (κ3) is 3.15.